The van der Waals surface area contributed by atoms with Crippen LogP contribution >= 0.6 is 11.6 Å². The number of aliphatic hydroxyl groups is 1. The SMILES string of the molecule is CC(O)Cc1cccc(C(F)(F)F)c1.ClC[C@H]1CO1. The summed E-state index contributed by atoms with van der Waals surface area (Å²) < 4.78 is 41.5. The van der Waals surface area contributed by atoms with Gasteiger partial charge < -0.3 is 9.84 Å². The van der Waals surface area contributed by atoms with E-state index in [0.29, 0.717) is 17.5 Å². The van der Waals surface area contributed by atoms with E-state index in [4.69, 9.17) is 21.4 Å². The first-order valence-corrected chi connectivity index (χ1v) is 6.38. The van der Waals surface area contributed by atoms with Crippen LogP contribution in [0.2, 0.25) is 0 Å². The highest BCUT2D eigenvalue weighted by molar-refractivity contribution is 6.18. The molecule has 1 fully saturated rings. The van der Waals surface area contributed by atoms with Crippen LogP contribution in [0.1, 0.15) is 18.1 Å². The van der Waals surface area contributed by atoms with Crippen molar-refractivity contribution in [3.05, 3.63) is 35.4 Å². The second-order valence-corrected chi connectivity index (χ2v) is 4.67. The molecule has 0 bridgehead atoms. The fourth-order valence-corrected chi connectivity index (χ4v) is 1.55. The minimum atomic E-state index is -4.31. The summed E-state index contributed by atoms with van der Waals surface area (Å²) in [5.74, 6) is 0.667. The van der Waals surface area contributed by atoms with Gasteiger partial charge in [-0.2, -0.15) is 13.2 Å². The van der Waals surface area contributed by atoms with Gasteiger partial charge in [0.2, 0.25) is 0 Å². The average Bonchev–Trinajstić information content (AvgIpc) is 3.11. The lowest BCUT2D eigenvalue weighted by Crippen LogP contribution is -2.08. The number of epoxide rings is 1. The van der Waals surface area contributed by atoms with E-state index in [1.54, 1.807) is 13.0 Å². The van der Waals surface area contributed by atoms with Crippen molar-refractivity contribution in [3.63, 3.8) is 0 Å². The topological polar surface area (TPSA) is 32.8 Å². The van der Waals surface area contributed by atoms with Crippen LogP contribution in [0.4, 0.5) is 13.2 Å². The van der Waals surface area contributed by atoms with Crippen LogP contribution in [-0.2, 0) is 17.3 Å². The van der Waals surface area contributed by atoms with E-state index in [9.17, 15) is 13.2 Å². The number of alkyl halides is 4. The van der Waals surface area contributed by atoms with Gasteiger partial charge in [-0.1, -0.05) is 18.2 Å². The molecule has 1 heterocycles. The monoisotopic (exact) mass is 296 g/mol. The van der Waals surface area contributed by atoms with Crippen molar-refractivity contribution >= 4 is 11.6 Å². The predicted molar refractivity (Wildman–Crippen MR) is 67.3 cm³/mol. The first-order chi connectivity index (χ1) is 8.82. The third-order valence-electron chi connectivity index (χ3n) is 2.36. The van der Waals surface area contributed by atoms with Crippen LogP contribution in [0, 0.1) is 0 Å². The fourth-order valence-electron chi connectivity index (χ4n) is 1.37. The molecule has 0 aromatic heterocycles. The maximum absolute atomic E-state index is 12.2. The Kier molecular flexibility index (Phi) is 6.10. The molecule has 1 aliphatic rings. The summed E-state index contributed by atoms with van der Waals surface area (Å²) in [4.78, 5) is 0. The van der Waals surface area contributed by atoms with Crippen molar-refractivity contribution in [2.75, 3.05) is 12.5 Å². The quantitative estimate of drug-likeness (QED) is 0.686. The van der Waals surface area contributed by atoms with Crippen molar-refractivity contribution < 1.29 is 23.0 Å². The molecule has 2 atom stereocenters. The van der Waals surface area contributed by atoms with Crippen LogP contribution in [0.5, 0.6) is 0 Å². The highest BCUT2D eigenvalue weighted by Crippen LogP contribution is 2.29. The lowest BCUT2D eigenvalue weighted by Gasteiger charge is -2.09. The number of ether oxygens (including phenoxy) is 1. The van der Waals surface area contributed by atoms with Gasteiger partial charge in [-0.05, 0) is 25.0 Å². The lowest BCUT2D eigenvalue weighted by molar-refractivity contribution is -0.137. The molecule has 0 saturated carbocycles. The molecule has 0 radical (unpaired) electrons. The molecule has 1 aromatic carbocycles. The number of hydrogen-bond acceptors (Lipinski definition) is 2. The van der Waals surface area contributed by atoms with E-state index in [-0.39, 0.29) is 6.42 Å². The molecule has 0 spiro atoms. The van der Waals surface area contributed by atoms with Gasteiger partial charge in [0.15, 0.2) is 0 Å². The number of aliphatic hydroxyl groups excluding tert-OH is 1. The molecule has 1 saturated heterocycles. The molecule has 2 rings (SSSR count). The van der Waals surface area contributed by atoms with E-state index in [2.05, 4.69) is 0 Å². The van der Waals surface area contributed by atoms with Gasteiger partial charge in [0.25, 0.3) is 0 Å². The Hall–Kier alpha value is -0.780. The Labute approximate surface area is 115 Å². The molecule has 108 valence electrons. The molecule has 1 aromatic rings. The van der Waals surface area contributed by atoms with Crippen LogP contribution in [0.3, 0.4) is 0 Å². The van der Waals surface area contributed by atoms with Crippen LogP contribution in [0.25, 0.3) is 0 Å². The van der Waals surface area contributed by atoms with E-state index < -0.39 is 17.8 Å². The maximum Gasteiger partial charge on any atom is 0.416 e. The Balaban J connectivity index is 0.000000300. The smallest absolute Gasteiger partial charge is 0.393 e. The maximum atomic E-state index is 12.2. The van der Waals surface area contributed by atoms with Crippen molar-refractivity contribution in [2.24, 2.45) is 0 Å². The number of halogens is 4. The zero-order valence-corrected chi connectivity index (χ0v) is 11.2. The zero-order chi connectivity index (χ0) is 14.5. The molecule has 2 nitrogen and oxygen atoms in total. The predicted octanol–water partition coefficient (Wildman–Crippen LogP) is 3.25. The lowest BCUT2D eigenvalue weighted by atomic mass is 10.1. The number of rotatable bonds is 3. The molecule has 0 aliphatic carbocycles. The molecular weight excluding hydrogens is 281 g/mol. The van der Waals surface area contributed by atoms with Gasteiger partial charge in [-0.15, -0.1) is 11.6 Å². The van der Waals surface area contributed by atoms with E-state index in [1.165, 1.54) is 6.07 Å². The zero-order valence-electron chi connectivity index (χ0n) is 10.5. The normalized spacial score (nSPS) is 19.4. The van der Waals surface area contributed by atoms with Gasteiger partial charge in [0.1, 0.15) is 0 Å². The first-order valence-electron chi connectivity index (χ1n) is 5.84. The van der Waals surface area contributed by atoms with Crippen molar-refractivity contribution in [1.29, 1.82) is 0 Å². The van der Waals surface area contributed by atoms with Gasteiger partial charge in [-0.3, -0.25) is 0 Å². The summed E-state index contributed by atoms with van der Waals surface area (Å²) in [5.41, 5.74) is -0.175. The van der Waals surface area contributed by atoms with Crippen molar-refractivity contribution in [2.45, 2.75) is 31.7 Å². The second kappa shape index (κ2) is 7.12. The molecular formula is C13H16ClF3O2. The number of benzene rings is 1. The Morgan fingerprint density at radius 2 is 2.11 bits per heavy atom. The van der Waals surface area contributed by atoms with Crippen LogP contribution in [0.15, 0.2) is 24.3 Å². The summed E-state index contributed by atoms with van der Waals surface area (Å²) in [6, 6.07) is 5.00. The first kappa shape index (κ1) is 16.3. The summed E-state index contributed by atoms with van der Waals surface area (Å²) in [6.07, 6.45) is -4.30. The van der Waals surface area contributed by atoms with Gasteiger partial charge in [0, 0.05) is 0 Å². The third-order valence-corrected chi connectivity index (χ3v) is 2.70. The molecule has 1 aliphatic heterocycles. The van der Waals surface area contributed by atoms with Gasteiger partial charge in [-0.25, -0.2) is 0 Å². The molecule has 1 N–H and O–H groups in total. The van der Waals surface area contributed by atoms with Crippen LogP contribution < -0.4 is 0 Å². The summed E-state index contributed by atoms with van der Waals surface area (Å²) in [6.45, 7) is 2.42. The Bertz CT molecular complexity index is 390. The van der Waals surface area contributed by atoms with Crippen molar-refractivity contribution in [1.82, 2.24) is 0 Å². The minimum absolute atomic E-state index is 0.240. The summed E-state index contributed by atoms with van der Waals surface area (Å²) in [5, 5.41) is 9.02. The Morgan fingerprint density at radius 3 is 2.47 bits per heavy atom. The highest BCUT2D eigenvalue weighted by Gasteiger charge is 2.30. The van der Waals surface area contributed by atoms with Crippen molar-refractivity contribution in [3.8, 4) is 0 Å². The molecule has 1 unspecified atom stereocenters. The molecule has 19 heavy (non-hydrogen) atoms. The largest absolute Gasteiger partial charge is 0.416 e. The van der Waals surface area contributed by atoms with Crippen LogP contribution in [-0.4, -0.2) is 29.8 Å². The average molecular weight is 297 g/mol. The fraction of sp³-hybridized carbons (Fsp3) is 0.538. The Morgan fingerprint density at radius 1 is 1.47 bits per heavy atom. The minimum Gasteiger partial charge on any atom is -0.393 e. The standard InChI is InChI=1S/C10H11F3O.C3H5ClO/c1-7(14)5-8-3-2-4-9(6-8)10(11,12)13;4-1-3-2-5-3/h2-4,6-7,14H,5H2,1H3;3H,1-2H2/t;3-/m.0/s1. The second-order valence-electron chi connectivity index (χ2n) is 4.36. The summed E-state index contributed by atoms with van der Waals surface area (Å²) in [7, 11) is 0. The molecule has 6 heteroatoms. The summed E-state index contributed by atoms with van der Waals surface area (Å²) >= 11 is 5.27. The number of hydrogen-bond donors (Lipinski definition) is 1. The van der Waals surface area contributed by atoms with E-state index in [0.717, 1.165) is 18.7 Å². The molecule has 0 amide bonds. The van der Waals surface area contributed by atoms with E-state index >= 15 is 0 Å². The van der Waals surface area contributed by atoms with E-state index in [1.807, 2.05) is 0 Å². The highest BCUT2D eigenvalue weighted by atomic mass is 35.5. The van der Waals surface area contributed by atoms with Gasteiger partial charge in [0.05, 0.1) is 30.3 Å². The third kappa shape index (κ3) is 6.80. The van der Waals surface area contributed by atoms with Gasteiger partial charge >= 0.3 is 6.18 Å².